The summed E-state index contributed by atoms with van der Waals surface area (Å²) < 4.78 is 77.0. The van der Waals surface area contributed by atoms with Crippen molar-refractivity contribution in [1.29, 1.82) is 0 Å². The Balaban J connectivity index is 2.41. The maximum absolute atomic E-state index is 12.9. The van der Waals surface area contributed by atoms with Crippen molar-refractivity contribution in [2.24, 2.45) is 7.05 Å². The van der Waals surface area contributed by atoms with Crippen LogP contribution >= 0.6 is 15.9 Å². The molecule has 130 valence electrons. The fourth-order valence-corrected chi connectivity index (χ4v) is 2.69. The van der Waals surface area contributed by atoms with E-state index in [0.717, 1.165) is 25.2 Å². The van der Waals surface area contributed by atoms with E-state index in [4.69, 9.17) is 0 Å². The molecule has 11 heteroatoms. The standard InChI is InChI=1S/C13H8BrF6N3O/c1-23-9(8(14)10(22-23)13(18,19)20)11(24)21-7-5-3-2-4-6(7)12(15,16)17/h2-5H,1H3,(H,21,24). The molecular formula is C13H8BrF6N3O. The average Bonchev–Trinajstić information content (AvgIpc) is 2.73. The van der Waals surface area contributed by atoms with Gasteiger partial charge in [-0.1, -0.05) is 12.1 Å². The minimum Gasteiger partial charge on any atom is -0.320 e. The maximum atomic E-state index is 12.9. The lowest BCUT2D eigenvalue weighted by Gasteiger charge is -2.13. The summed E-state index contributed by atoms with van der Waals surface area (Å²) in [4.78, 5) is 12.1. The van der Waals surface area contributed by atoms with Gasteiger partial charge in [0.25, 0.3) is 5.91 Å². The fourth-order valence-electron chi connectivity index (χ4n) is 1.95. The van der Waals surface area contributed by atoms with Crippen LogP contribution in [0.15, 0.2) is 28.7 Å². The molecule has 0 unspecified atom stereocenters. The molecule has 1 N–H and O–H groups in total. The van der Waals surface area contributed by atoms with Gasteiger partial charge in [-0.3, -0.25) is 9.48 Å². The molecule has 1 heterocycles. The van der Waals surface area contributed by atoms with Crippen molar-refractivity contribution < 1.29 is 31.1 Å². The number of aryl methyl sites for hydroxylation is 1. The predicted octanol–water partition coefficient (Wildman–Crippen LogP) is 4.47. The Hall–Kier alpha value is -2.04. The molecule has 0 bridgehead atoms. The molecule has 2 aromatic rings. The van der Waals surface area contributed by atoms with Gasteiger partial charge in [0.05, 0.1) is 15.7 Å². The van der Waals surface area contributed by atoms with E-state index in [0.29, 0.717) is 4.68 Å². The molecule has 0 saturated heterocycles. The first-order chi connectivity index (χ1) is 10.9. The number of nitrogens with zero attached hydrogens (tertiary/aromatic N) is 2. The Kier molecular flexibility index (Phi) is 4.66. The van der Waals surface area contributed by atoms with E-state index >= 15 is 0 Å². The zero-order valence-electron chi connectivity index (χ0n) is 11.8. The van der Waals surface area contributed by atoms with Crippen molar-refractivity contribution in [2.45, 2.75) is 12.4 Å². The monoisotopic (exact) mass is 415 g/mol. The lowest BCUT2D eigenvalue weighted by molar-refractivity contribution is -0.142. The van der Waals surface area contributed by atoms with Gasteiger partial charge < -0.3 is 5.32 Å². The Bertz CT molecular complexity index is 781. The largest absolute Gasteiger partial charge is 0.436 e. The van der Waals surface area contributed by atoms with Crippen LogP contribution in [0.2, 0.25) is 0 Å². The third-order valence-electron chi connectivity index (χ3n) is 2.95. The number of rotatable bonds is 2. The van der Waals surface area contributed by atoms with Crippen LogP contribution in [0, 0.1) is 0 Å². The van der Waals surface area contributed by atoms with Crippen LogP contribution < -0.4 is 5.32 Å². The third-order valence-corrected chi connectivity index (χ3v) is 3.70. The van der Waals surface area contributed by atoms with E-state index in [1.54, 1.807) is 0 Å². The number of carbonyl (C=O) groups excluding carboxylic acids is 1. The molecule has 0 atom stereocenters. The number of alkyl halides is 6. The van der Waals surface area contributed by atoms with Crippen LogP contribution in [0.1, 0.15) is 21.7 Å². The van der Waals surface area contributed by atoms with Gasteiger partial charge in [-0.05, 0) is 28.1 Å². The predicted molar refractivity (Wildman–Crippen MR) is 75.3 cm³/mol. The van der Waals surface area contributed by atoms with Gasteiger partial charge in [0.2, 0.25) is 0 Å². The van der Waals surface area contributed by atoms with E-state index in [1.807, 2.05) is 5.32 Å². The van der Waals surface area contributed by atoms with Crippen molar-refractivity contribution in [3.63, 3.8) is 0 Å². The van der Waals surface area contributed by atoms with Gasteiger partial charge in [-0.15, -0.1) is 0 Å². The van der Waals surface area contributed by atoms with Gasteiger partial charge in [-0.25, -0.2) is 0 Å². The van der Waals surface area contributed by atoms with Crippen molar-refractivity contribution in [3.8, 4) is 0 Å². The summed E-state index contributed by atoms with van der Waals surface area (Å²) >= 11 is 2.62. The maximum Gasteiger partial charge on any atom is 0.436 e. The van der Waals surface area contributed by atoms with Crippen LogP contribution in [0.5, 0.6) is 0 Å². The van der Waals surface area contributed by atoms with Crippen molar-refractivity contribution in [1.82, 2.24) is 9.78 Å². The first-order valence-electron chi connectivity index (χ1n) is 6.20. The number of para-hydroxylation sites is 1. The van der Waals surface area contributed by atoms with Crippen molar-refractivity contribution >= 4 is 27.5 Å². The Morgan fingerprint density at radius 1 is 1.12 bits per heavy atom. The Labute approximate surface area is 139 Å². The van der Waals surface area contributed by atoms with Crippen LogP contribution in [0.4, 0.5) is 32.0 Å². The molecule has 0 radical (unpaired) electrons. The quantitative estimate of drug-likeness (QED) is 0.735. The summed E-state index contributed by atoms with van der Waals surface area (Å²) in [6.07, 6.45) is -9.55. The second-order valence-corrected chi connectivity index (χ2v) is 5.42. The SMILES string of the molecule is Cn1nc(C(F)(F)F)c(Br)c1C(=O)Nc1ccccc1C(F)(F)F. The molecule has 0 aliphatic heterocycles. The second kappa shape index (κ2) is 6.11. The van der Waals surface area contributed by atoms with Gasteiger partial charge in [0, 0.05) is 7.05 Å². The number of aromatic nitrogens is 2. The first kappa shape index (κ1) is 18.3. The molecule has 0 aliphatic carbocycles. The van der Waals surface area contributed by atoms with Gasteiger partial charge in [0.1, 0.15) is 5.69 Å². The molecule has 0 saturated carbocycles. The molecule has 2 rings (SSSR count). The molecule has 1 amide bonds. The molecule has 0 aliphatic rings. The number of halogens is 7. The lowest BCUT2D eigenvalue weighted by Crippen LogP contribution is -2.19. The highest BCUT2D eigenvalue weighted by Crippen LogP contribution is 2.37. The third kappa shape index (κ3) is 3.55. The summed E-state index contributed by atoms with van der Waals surface area (Å²) in [5, 5.41) is 5.14. The Morgan fingerprint density at radius 2 is 1.71 bits per heavy atom. The smallest absolute Gasteiger partial charge is 0.320 e. The number of nitrogens with one attached hydrogen (secondary N) is 1. The summed E-state index contributed by atoms with van der Waals surface area (Å²) in [6, 6.07) is 4.12. The molecule has 0 spiro atoms. The van der Waals surface area contributed by atoms with Crippen LogP contribution in [-0.4, -0.2) is 15.7 Å². The first-order valence-corrected chi connectivity index (χ1v) is 6.99. The zero-order valence-corrected chi connectivity index (χ0v) is 13.3. The molecular weight excluding hydrogens is 408 g/mol. The van der Waals surface area contributed by atoms with Gasteiger partial charge in [0.15, 0.2) is 5.69 Å². The van der Waals surface area contributed by atoms with E-state index < -0.39 is 45.4 Å². The number of hydrogen-bond donors (Lipinski definition) is 1. The zero-order chi connectivity index (χ0) is 18.3. The number of benzene rings is 1. The molecule has 1 aromatic heterocycles. The highest BCUT2D eigenvalue weighted by Gasteiger charge is 2.40. The van der Waals surface area contributed by atoms with Crippen molar-refractivity contribution in [3.05, 3.63) is 45.7 Å². The van der Waals surface area contributed by atoms with E-state index in [-0.39, 0.29) is 0 Å². The van der Waals surface area contributed by atoms with Crippen LogP contribution in [0.3, 0.4) is 0 Å². The summed E-state index contributed by atoms with van der Waals surface area (Å²) in [5.41, 5.74) is -3.59. The molecule has 4 nitrogen and oxygen atoms in total. The normalized spacial score (nSPS) is 12.3. The van der Waals surface area contributed by atoms with E-state index in [2.05, 4.69) is 21.0 Å². The number of amides is 1. The highest BCUT2D eigenvalue weighted by molar-refractivity contribution is 9.10. The summed E-state index contributed by atoms with van der Waals surface area (Å²) in [7, 11) is 1.07. The topological polar surface area (TPSA) is 46.9 Å². The fraction of sp³-hybridized carbons (Fsp3) is 0.231. The molecule has 1 aromatic carbocycles. The van der Waals surface area contributed by atoms with E-state index in [1.165, 1.54) is 6.07 Å². The van der Waals surface area contributed by atoms with Crippen LogP contribution in [0.25, 0.3) is 0 Å². The average molecular weight is 416 g/mol. The summed E-state index contributed by atoms with van der Waals surface area (Å²) in [6.45, 7) is 0. The second-order valence-electron chi connectivity index (χ2n) is 4.63. The van der Waals surface area contributed by atoms with E-state index in [9.17, 15) is 31.1 Å². The van der Waals surface area contributed by atoms with Crippen LogP contribution in [-0.2, 0) is 19.4 Å². The Morgan fingerprint density at radius 3 is 2.21 bits per heavy atom. The minimum absolute atomic E-state index is 0.556. The lowest BCUT2D eigenvalue weighted by atomic mass is 10.1. The number of hydrogen-bond acceptors (Lipinski definition) is 2. The van der Waals surface area contributed by atoms with Crippen molar-refractivity contribution in [2.75, 3.05) is 5.32 Å². The molecule has 0 fully saturated rings. The summed E-state index contributed by atoms with van der Waals surface area (Å²) in [5.74, 6) is -1.16. The highest BCUT2D eigenvalue weighted by atomic mass is 79.9. The van der Waals surface area contributed by atoms with Gasteiger partial charge >= 0.3 is 12.4 Å². The minimum atomic E-state index is -4.82. The number of carbonyl (C=O) groups is 1. The number of anilines is 1. The van der Waals surface area contributed by atoms with Gasteiger partial charge in [-0.2, -0.15) is 31.4 Å². The molecule has 24 heavy (non-hydrogen) atoms.